The largest absolute Gasteiger partial charge is 0.337 e. The molecule has 1 aromatic heterocycles. The van der Waals surface area contributed by atoms with E-state index in [2.05, 4.69) is 32.8 Å². The number of rotatable bonds is 6. The zero-order valence-electron chi connectivity index (χ0n) is 20.1. The van der Waals surface area contributed by atoms with Crippen molar-refractivity contribution >= 4 is 32.5 Å². The number of carbonyl (C=O) groups is 1. The molecule has 1 fully saturated rings. The van der Waals surface area contributed by atoms with E-state index in [9.17, 15) is 13.2 Å². The molecule has 0 saturated carbocycles. The number of sulfonamides is 1. The van der Waals surface area contributed by atoms with Crippen molar-refractivity contribution in [1.82, 2.24) is 14.8 Å². The van der Waals surface area contributed by atoms with Gasteiger partial charge in [0, 0.05) is 49.9 Å². The maximum absolute atomic E-state index is 13.2. The number of benzene rings is 2. The quantitative estimate of drug-likeness (QED) is 0.538. The van der Waals surface area contributed by atoms with Gasteiger partial charge in [-0.05, 0) is 55.7 Å². The summed E-state index contributed by atoms with van der Waals surface area (Å²) in [5.74, 6) is -0.0631. The molecule has 5 rings (SSSR count). The summed E-state index contributed by atoms with van der Waals surface area (Å²) in [5.41, 5.74) is 2.94. The minimum Gasteiger partial charge on any atom is -0.337 e. The van der Waals surface area contributed by atoms with Crippen LogP contribution in [0, 0.1) is 0 Å². The van der Waals surface area contributed by atoms with Gasteiger partial charge in [-0.2, -0.15) is 0 Å². The Hall–Kier alpha value is -3.49. The third-order valence-electron chi connectivity index (χ3n) is 6.69. The predicted molar refractivity (Wildman–Crippen MR) is 142 cm³/mol. The normalized spacial score (nSPS) is 17.0. The number of pyridine rings is 1. The van der Waals surface area contributed by atoms with Crippen LogP contribution in [-0.2, 0) is 10.0 Å². The molecule has 1 saturated heterocycles. The van der Waals surface area contributed by atoms with Gasteiger partial charge in [-0.1, -0.05) is 42.0 Å². The Bertz CT molecular complexity index is 1410. The molecule has 2 heterocycles. The first-order valence-corrected chi connectivity index (χ1v) is 13.8. The SMILES string of the molecule is O=C(c1ccc(S(=O)(=O)Nc2cccc3cccnc23)cc1)N1CCCN(CC2=CC=CCC2)CC1. The molecule has 8 heteroatoms. The third-order valence-corrected chi connectivity index (χ3v) is 8.07. The summed E-state index contributed by atoms with van der Waals surface area (Å²) in [4.78, 5) is 21.9. The van der Waals surface area contributed by atoms with Gasteiger partial charge in [0.15, 0.2) is 0 Å². The van der Waals surface area contributed by atoms with Gasteiger partial charge in [-0.3, -0.25) is 19.4 Å². The fourth-order valence-electron chi connectivity index (χ4n) is 4.75. The van der Waals surface area contributed by atoms with Crippen LogP contribution in [0.4, 0.5) is 5.69 Å². The first kappa shape index (κ1) is 24.2. The monoisotopic (exact) mass is 502 g/mol. The van der Waals surface area contributed by atoms with Crippen molar-refractivity contribution in [3.8, 4) is 0 Å². The van der Waals surface area contributed by atoms with E-state index < -0.39 is 10.0 Å². The van der Waals surface area contributed by atoms with Crippen LogP contribution in [0.15, 0.2) is 89.5 Å². The summed E-state index contributed by atoms with van der Waals surface area (Å²) < 4.78 is 28.7. The summed E-state index contributed by atoms with van der Waals surface area (Å²) in [7, 11) is -3.83. The van der Waals surface area contributed by atoms with Gasteiger partial charge in [0.2, 0.25) is 0 Å². The maximum atomic E-state index is 13.2. The second kappa shape index (κ2) is 10.6. The minimum absolute atomic E-state index is 0.0631. The number of nitrogens with one attached hydrogen (secondary N) is 1. The van der Waals surface area contributed by atoms with Crippen molar-refractivity contribution in [2.24, 2.45) is 0 Å². The molecule has 7 nitrogen and oxygen atoms in total. The number of carbonyl (C=O) groups excluding carboxylic acids is 1. The molecule has 0 atom stereocenters. The van der Waals surface area contributed by atoms with Crippen LogP contribution in [0.5, 0.6) is 0 Å². The zero-order valence-corrected chi connectivity index (χ0v) is 21.0. The summed E-state index contributed by atoms with van der Waals surface area (Å²) in [6.07, 6.45) is 11.3. The lowest BCUT2D eigenvalue weighted by molar-refractivity contribution is 0.0762. The van der Waals surface area contributed by atoms with Crippen molar-refractivity contribution in [2.75, 3.05) is 37.4 Å². The predicted octanol–water partition coefficient (Wildman–Crippen LogP) is 4.46. The van der Waals surface area contributed by atoms with E-state index in [0.717, 1.165) is 44.3 Å². The lowest BCUT2D eigenvalue weighted by Gasteiger charge is -2.23. The number of para-hydroxylation sites is 1. The Morgan fingerprint density at radius 1 is 0.972 bits per heavy atom. The van der Waals surface area contributed by atoms with Crippen molar-refractivity contribution in [1.29, 1.82) is 0 Å². The molecule has 36 heavy (non-hydrogen) atoms. The summed E-state index contributed by atoms with van der Waals surface area (Å²) in [6, 6.07) is 15.2. The number of allylic oxidation sites excluding steroid dienone is 3. The van der Waals surface area contributed by atoms with Gasteiger partial charge in [0.1, 0.15) is 0 Å². The highest BCUT2D eigenvalue weighted by Gasteiger charge is 2.22. The van der Waals surface area contributed by atoms with Crippen molar-refractivity contribution in [3.05, 3.63) is 90.2 Å². The smallest absolute Gasteiger partial charge is 0.261 e. The molecule has 1 amide bonds. The fourth-order valence-corrected chi connectivity index (χ4v) is 5.82. The number of fused-ring (bicyclic) bond motifs is 1. The van der Waals surface area contributed by atoms with E-state index in [4.69, 9.17) is 0 Å². The molecule has 1 aliphatic heterocycles. The summed E-state index contributed by atoms with van der Waals surface area (Å²) >= 11 is 0. The molecule has 1 N–H and O–H groups in total. The van der Waals surface area contributed by atoms with Gasteiger partial charge >= 0.3 is 0 Å². The van der Waals surface area contributed by atoms with E-state index in [0.29, 0.717) is 29.9 Å². The highest BCUT2D eigenvalue weighted by Crippen LogP contribution is 2.24. The Morgan fingerprint density at radius 2 is 1.81 bits per heavy atom. The average Bonchev–Trinajstić information content (AvgIpc) is 3.14. The highest BCUT2D eigenvalue weighted by atomic mass is 32.2. The average molecular weight is 503 g/mol. The Morgan fingerprint density at radius 3 is 2.61 bits per heavy atom. The molecule has 0 radical (unpaired) electrons. The van der Waals surface area contributed by atoms with Crippen LogP contribution in [0.3, 0.4) is 0 Å². The lowest BCUT2D eigenvalue weighted by Crippen LogP contribution is -2.35. The van der Waals surface area contributed by atoms with E-state index >= 15 is 0 Å². The molecule has 2 aliphatic rings. The lowest BCUT2D eigenvalue weighted by atomic mass is 10.0. The number of anilines is 1. The fraction of sp³-hybridized carbons (Fsp3) is 0.286. The number of hydrogen-bond donors (Lipinski definition) is 1. The molecule has 2 aromatic carbocycles. The van der Waals surface area contributed by atoms with Gasteiger partial charge in [-0.15, -0.1) is 0 Å². The summed E-state index contributed by atoms with van der Waals surface area (Å²) in [6.45, 7) is 4.12. The van der Waals surface area contributed by atoms with Crippen LogP contribution in [0.25, 0.3) is 10.9 Å². The van der Waals surface area contributed by atoms with Gasteiger partial charge in [-0.25, -0.2) is 8.42 Å². The number of hydrogen-bond acceptors (Lipinski definition) is 5. The number of amides is 1. The second-order valence-electron chi connectivity index (χ2n) is 9.22. The van der Waals surface area contributed by atoms with Gasteiger partial charge in [0.05, 0.1) is 16.1 Å². The second-order valence-corrected chi connectivity index (χ2v) is 10.9. The highest BCUT2D eigenvalue weighted by molar-refractivity contribution is 7.92. The van der Waals surface area contributed by atoms with E-state index in [1.807, 2.05) is 23.1 Å². The van der Waals surface area contributed by atoms with Crippen LogP contribution in [-0.4, -0.2) is 61.8 Å². The minimum atomic E-state index is -3.83. The van der Waals surface area contributed by atoms with Crippen LogP contribution in [0.1, 0.15) is 29.6 Å². The Balaban J connectivity index is 1.24. The van der Waals surface area contributed by atoms with E-state index in [1.54, 1.807) is 30.5 Å². The number of aromatic nitrogens is 1. The van der Waals surface area contributed by atoms with Crippen molar-refractivity contribution in [3.63, 3.8) is 0 Å². The van der Waals surface area contributed by atoms with E-state index in [-0.39, 0.29) is 10.8 Å². The molecule has 186 valence electrons. The topological polar surface area (TPSA) is 82.6 Å². The zero-order chi connectivity index (χ0) is 25.0. The van der Waals surface area contributed by atoms with Crippen molar-refractivity contribution < 1.29 is 13.2 Å². The molecular weight excluding hydrogens is 472 g/mol. The standard InChI is InChI=1S/C28H30N4O3S/c33-28(32-18-6-17-31(19-20-32)21-22-7-2-1-3-8-22)24-12-14-25(15-13-24)36(34,35)30-26-11-4-9-23-10-5-16-29-27(23)26/h1-2,4-5,7,9-16,30H,3,6,8,17-21H2. The van der Waals surface area contributed by atoms with Gasteiger partial charge < -0.3 is 4.90 Å². The molecule has 0 bridgehead atoms. The molecule has 0 spiro atoms. The molecular formula is C28H30N4O3S. The molecule has 0 unspecified atom stereocenters. The van der Waals surface area contributed by atoms with Crippen LogP contribution in [0.2, 0.25) is 0 Å². The first-order valence-electron chi connectivity index (χ1n) is 12.3. The van der Waals surface area contributed by atoms with E-state index in [1.165, 1.54) is 17.7 Å². The van der Waals surface area contributed by atoms with Crippen LogP contribution < -0.4 is 4.72 Å². The molecule has 1 aliphatic carbocycles. The third kappa shape index (κ3) is 5.50. The Kier molecular flexibility index (Phi) is 7.16. The Labute approximate surface area is 212 Å². The van der Waals surface area contributed by atoms with Gasteiger partial charge in [0.25, 0.3) is 15.9 Å². The maximum Gasteiger partial charge on any atom is 0.261 e. The molecule has 3 aromatic rings. The summed E-state index contributed by atoms with van der Waals surface area (Å²) in [5, 5.41) is 0.849. The first-order chi connectivity index (χ1) is 17.5. The van der Waals surface area contributed by atoms with Crippen LogP contribution >= 0.6 is 0 Å². The number of nitrogens with zero attached hydrogens (tertiary/aromatic N) is 3. The van der Waals surface area contributed by atoms with Crippen molar-refractivity contribution in [2.45, 2.75) is 24.2 Å².